The van der Waals surface area contributed by atoms with Crippen LogP contribution in [0.4, 0.5) is 0 Å². The summed E-state index contributed by atoms with van der Waals surface area (Å²) in [4.78, 5) is 25.8. The van der Waals surface area contributed by atoms with E-state index in [1.165, 1.54) is 19.1 Å². The highest BCUT2D eigenvalue weighted by atomic mass is 16.5. The third-order valence-corrected chi connectivity index (χ3v) is 3.30. The van der Waals surface area contributed by atoms with Crippen LogP contribution in [0.15, 0.2) is 18.2 Å². The van der Waals surface area contributed by atoms with Gasteiger partial charge in [-0.3, -0.25) is 4.79 Å². The van der Waals surface area contributed by atoms with E-state index in [4.69, 9.17) is 24.7 Å². The lowest BCUT2D eigenvalue weighted by Gasteiger charge is -2.20. The van der Waals surface area contributed by atoms with E-state index in [0.717, 1.165) is 0 Å². The topological polar surface area (TPSA) is 113 Å². The number of benzene rings is 1. The molecule has 0 saturated heterocycles. The fraction of sp³-hybridized carbons (Fsp3) is 0.412. The second-order valence-electron chi connectivity index (χ2n) is 4.81. The molecule has 0 aliphatic rings. The summed E-state index contributed by atoms with van der Waals surface area (Å²) in [5.74, 6) is -0.707. The minimum Gasteiger partial charge on any atom is -0.496 e. The third kappa shape index (κ3) is 5.70. The molecule has 25 heavy (non-hydrogen) atoms. The van der Waals surface area contributed by atoms with Gasteiger partial charge in [0.25, 0.3) is 5.91 Å². The zero-order valence-electron chi connectivity index (χ0n) is 14.2. The summed E-state index contributed by atoms with van der Waals surface area (Å²) in [6.07, 6.45) is 0.261. The van der Waals surface area contributed by atoms with Gasteiger partial charge in [0, 0.05) is 13.1 Å². The van der Waals surface area contributed by atoms with Crippen LogP contribution in [0.3, 0.4) is 0 Å². The molecule has 132 valence electrons. The first kappa shape index (κ1) is 19.8. The van der Waals surface area contributed by atoms with Crippen LogP contribution in [0.25, 0.3) is 0 Å². The van der Waals surface area contributed by atoms with Crippen molar-refractivity contribution in [1.82, 2.24) is 4.90 Å². The number of carbonyl (C=O) groups is 2. The molecule has 0 aromatic heterocycles. The van der Waals surface area contributed by atoms with Crippen LogP contribution in [-0.4, -0.2) is 50.7 Å². The summed E-state index contributed by atoms with van der Waals surface area (Å²) in [5, 5.41) is 17.3. The van der Waals surface area contributed by atoms with E-state index in [1.807, 2.05) is 12.1 Å². The Morgan fingerprint density at radius 2 is 1.56 bits per heavy atom. The van der Waals surface area contributed by atoms with Crippen LogP contribution in [0, 0.1) is 22.7 Å². The first-order valence-corrected chi connectivity index (χ1v) is 7.48. The first-order chi connectivity index (χ1) is 12.1. The summed E-state index contributed by atoms with van der Waals surface area (Å²) in [7, 11) is 2.81. The molecule has 0 saturated carbocycles. The third-order valence-electron chi connectivity index (χ3n) is 3.30. The monoisotopic (exact) mass is 345 g/mol. The van der Waals surface area contributed by atoms with Crippen molar-refractivity contribution in [1.29, 1.82) is 10.5 Å². The van der Waals surface area contributed by atoms with E-state index >= 15 is 0 Å². The summed E-state index contributed by atoms with van der Waals surface area (Å²) < 4.78 is 15.3. The van der Waals surface area contributed by atoms with E-state index in [9.17, 15) is 9.59 Å². The molecule has 0 aliphatic carbocycles. The Labute approximate surface area is 146 Å². The molecule has 1 aromatic carbocycles. The Morgan fingerprint density at radius 3 is 2.00 bits per heavy atom. The van der Waals surface area contributed by atoms with Crippen molar-refractivity contribution in [2.24, 2.45) is 0 Å². The quantitative estimate of drug-likeness (QED) is 0.623. The van der Waals surface area contributed by atoms with Gasteiger partial charge < -0.3 is 19.1 Å². The van der Waals surface area contributed by atoms with E-state index in [0.29, 0.717) is 0 Å². The van der Waals surface area contributed by atoms with Gasteiger partial charge in [0.2, 0.25) is 0 Å². The van der Waals surface area contributed by atoms with Crippen molar-refractivity contribution in [3.63, 3.8) is 0 Å². The van der Waals surface area contributed by atoms with Crippen molar-refractivity contribution >= 4 is 11.9 Å². The van der Waals surface area contributed by atoms with E-state index in [2.05, 4.69) is 0 Å². The Balaban J connectivity index is 2.79. The molecule has 1 amide bonds. The van der Waals surface area contributed by atoms with Gasteiger partial charge in [-0.25, -0.2) is 4.79 Å². The largest absolute Gasteiger partial charge is 0.496 e. The first-order valence-electron chi connectivity index (χ1n) is 7.48. The highest BCUT2D eigenvalue weighted by Gasteiger charge is 2.22. The molecule has 0 atom stereocenters. The maximum atomic E-state index is 12.3. The van der Waals surface area contributed by atoms with Crippen LogP contribution in [0.1, 0.15) is 23.2 Å². The number of nitriles is 2. The van der Waals surface area contributed by atoms with Crippen LogP contribution in [0.5, 0.6) is 11.5 Å². The molecule has 0 heterocycles. The Kier molecular flexibility index (Phi) is 8.31. The lowest BCUT2D eigenvalue weighted by atomic mass is 10.2. The average Bonchev–Trinajstić information content (AvgIpc) is 2.65. The van der Waals surface area contributed by atoms with E-state index < -0.39 is 18.5 Å². The maximum absolute atomic E-state index is 12.3. The predicted molar refractivity (Wildman–Crippen MR) is 86.9 cm³/mol. The molecule has 0 spiro atoms. The summed E-state index contributed by atoms with van der Waals surface area (Å²) in [6, 6.07) is 8.68. The number of rotatable bonds is 9. The number of nitrogens with zero attached hydrogens (tertiary/aromatic N) is 3. The smallest absolute Gasteiger partial charge is 0.346 e. The molecular weight excluding hydrogens is 326 g/mol. The van der Waals surface area contributed by atoms with Crippen molar-refractivity contribution in [2.75, 3.05) is 33.9 Å². The summed E-state index contributed by atoms with van der Waals surface area (Å²) in [6.45, 7) is -0.157. The van der Waals surface area contributed by atoms with Crippen molar-refractivity contribution in [3.05, 3.63) is 23.8 Å². The van der Waals surface area contributed by atoms with Crippen LogP contribution >= 0.6 is 0 Å². The van der Waals surface area contributed by atoms with Gasteiger partial charge >= 0.3 is 5.97 Å². The Morgan fingerprint density at radius 1 is 1.04 bits per heavy atom. The summed E-state index contributed by atoms with van der Waals surface area (Å²) >= 11 is 0. The predicted octanol–water partition coefficient (Wildman–Crippen LogP) is 1.52. The normalized spacial score (nSPS) is 9.44. The molecule has 8 nitrogen and oxygen atoms in total. The molecule has 0 unspecified atom stereocenters. The molecule has 0 fully saturated rings. The standard InChI is InChI=1S/C17H19N3O5/c1-23-13-6-3-7-14(24-2)16(13)17(22)25-12-15(21)20(10-4-8-18)11-5-9-19/h3,6-7H,4-5,10-12H2,1-2H3. The van der Waals surface area contributed by atoms with Gasteiger partial charge in [-0.05, 0) is 12.1 Å². The minimum atomic E-state index is -0.761. The van der Waals surface area contributed by atoms with Crippen molar-refractivity contribution in [2.45, 2.75) is 12.8 Å². The molecule has 1 rings (SSSR count). The number of hydrogen-bond acceptors (Lipinski definition) is 7. The molecule has 0 aliphatic heterocycles. The van der Waals surface area contributed by atoms with E-state index in [1.54, 1.807) is 18.2 Å². The highest BCUT2D eigenvalue weighted by molar-refractivity contribution is 5.96. The van der Waals surface area contributed by atoms with Crippen LogP contribution in [-0.2, 0) is 9.53 Å². The number of hydrogen-bond donors (Lipinski definition) is 0. The van der Waals surface area contributed by atoms with Gasteiger partial charge in [0.15, 0.2) is 6.61 Å². The maximum Gasteiger partial charge on any atom is 0.346 e. The fourth-order valence-corrected chi connectivity index (χ4v) is 2.07. The Hall–Kier alpha value is -3.26. The number of amides is 1. The average molecular weight is 345 g/mol. The molecule has 8 heteroatoms. The Bertz CT molecular complexity index is 650. The number of methoxy groups -OCH3 is 2. The van der Waals surface area contributed by atoms with Gasteiger partial charge in [-0.15, -0.1) is 0 Å². The van der Waals surface area contributed by atoms with Gasteiger partial charge in [0.05, 0.1) is 39.2 Å². The van der Waals surface area contributed by atoms with Crippen molar-refractivity contribution in [3.8, 4) is 23.6 Å². The molecule has 0 bridgehead atoms. The van der Waals surface area contributed by atoms with Gasteiger partial charge in [-0.1, -0.05) is 6.07 Å². The zero-order valence-corrected chi connectivity index (χ0v) is 14.2. The summed E-state index contributed by atoms with van der Waals surface area (Å²) in [5.41, 5.74) is 0.0842. The van der Waals surface area contributed by atoms with E-state index in [-0.39, 0.29) is 43.0 Å². The molecule has 1 aromatic rings. The minimum absolute atomic E-state index is 0.0842. The van der Waals surface area contributed by atoms with Gasteiger partial charge in [-0.2, -0.15) is 10.5 Å². The lowest BCUT2D eigenvalue weighted by Crippen LogP contribution is -2.36. The number of carbonyl (C=O) groups excluding carboxylic acids is 2. The lowest BCUT2D eigenvalue weighted by molar-refractivity contribution is -0.134. The van der Waals surface area contributed by atoms with Crippen LogP contribution < -0.4 is 9.47 Å². The van der Waals surface area contributed by atoms with Gasteiger partial charge in [0.1, 0.15) is 17.1 Å². The second-order valence-corrected chi connectivity index (χ2v) is 4.81. The molecule has 0 radical (unpaired) electrons. The molecule has 0 N–H and O–H groups in total. The zero-order chi connectivity index (χ0) is 18.7. The van der Waals surface area contributed by atoms with Crippen molar-refractivity contribution < 1.29 is 23.8 Å². The van der Waals surface area contributed by atoms with Crippen LogP contribution in [0.2, 0.25) is 0 Å². The number of ether oxygens (including phenoxy) is 3. The fourth-order valence-electron chi connectivity index (χ4n) is 2.07. The highest BCUT2D eigenvalue weighted by Crippen LogP contribution is 2.28. The second kappa shape index (κ2) is 10.5. The SMILES string of the molecule is COc1cccc(OC)c1C(=O)OCC(=O)N(CCC#N)CCC#N. The molecular formula is C17H19N3O5. The number of esters is 1.